The molecule has 0 amide bonds. The third-order valence-corrected chi connectivity index (χ3v) is 15.5. The van der Waals surface area contributed by atoms with E-state index in [4.69, 9.17) is 4.74 Å². The number of fused-ring (bicyclic) bond motifs is 7. The van der Waals surface area contributed by atoms with Gasteiger partial charge in [0.2, 0.25) is 0 Å². The number of nitriles is 1. The zero-order chi connectivity index (χ0) is 27.6. The molecule has 0 bridgehead atoms. The molecule has 0 radical (unpaired) electrons. The van der Waals surface area contributed by atoms with Gasteiger partial charge in [0.1, 0.15) is 0 Å². The molecule has 10 atom stereocenters. The molecule has 5 aliphatic carbocycles. The third kappa shape index (κ3) is 4.01. The molecule has 212 valence electrons. The molecule has 0 N–H and O–H groups in total. The van der Waals surface area contributed by atoms with Crippen molar-refractivity contribution in [2.24, 2.45) is 56.7 Å². The standard InChI is InChI=1S/C35H55NOSe/c1-9-21-37-29-14-15-32(6)27(31(29,4)5)13-16-34(8)28(32)11-10-26-30-25(24(2)3)12-17-35(30,20-22-38-23-36)19-18-33(26,34)7/h9,25-30H,1-2,10-22H2,3-8H3/t25-,26+,27-,28+,29-,30+,32-,33+,34+,35+/m0/s1. The van der Waals surface area contributed by atoms with Gasteiger partial charge in [0, 0.05) is 0 Å². The van der Waals surface area contributed by atoms with Crippen LogP contribution in [0.3, 0.4) is 0 Å². The molecular formula is C35H55NOSe. The first-order valence-electron chi connectivity index (χ1n) is 15.8. The van der Waals surface area contributed by atoms with E-state index in [1.54, 1.807) is 0 Å². The molecule has 0 unspecified atom stereocenters. The molecule has 0 aromatic rings. The summed E-state index contributed by atoms with van der Waals surface area (Å²) in [7, 11) is 0. The Hall–Kier alpha value is -0.551. The molecule has 5 saturated carbocycles. The first-order valence-corrected chi connectivity index (χ1v) is 17.9. The molecule has 0 saturated heterocycles. The average molecular weight is 585 g/mol. The van der Waals surface area contributed by atoms with Crippen molar-refractivity contribution in [3.05, 3.63) is 24.8 Å². The van der Waals surface area contributed by atoms with Gasteiger partial charge in [0.15, 0.2) is 0 Å². The molecule has 0 spiro atoms. The van der Waals surface area contributed by atoms with Crippen molar-refractivity contribution in [3.63, 3.8) is 0 Å². The van der Waals surface area contributed by atoms with Crippen LogP contribution in [0.4, 0.5) is 0 Å². The number of hydrogen-bond donors (Lipinski definition) is 0. The summed E-state index contributed by atoms with van der Waals surface area (Å²) in [5, 5.41) is 10.5. The van der Waals surface area contributed by atoms with E-state index in [9.17, 15) is 5.26 Å². The Labute approximate surface area is 241 Å². The van der Waals surface area contributed by atoms with Gasteiger partial charge in [0.25, 0.3) is 0 Å². The van der Waals surface area contributed by atoms with E-state index in [0.29, 0.717) is 40.3 Å². The van der Waals surface area contributed by atoms with Gasteiger partial charge in [0.05, 0.1) is 6.61 Å². The van der Waals surface area contributed by atoms with E-state index in [0.717, 1.165) is 29.0 Å². The Morgan fingerprint density at radius 1 is 0.947 bits per heavy atom. The van der Waals surface area contributed by atoms with Gasteiger partial charge < -0.3 is 4.74 Å². The van der Waals surface area contributed by atoms with Gasteiger partial charge in [-0.25, -0.2) is 0 Å². The van der Waals surface area contributed by atoms with E-state index < -0.39 is 0 Å². The van der Waals surface area contributed by atoms with Gasteiger partial charge in [-0.1, -0.05) is 6.08 Å². The summed E-state index contributed by atoms with van der Waals surface area (Å²) in [5.41, 5.74) is 3.36. The van der Waals surface area contributed by atoms with Crippen molar-refractivity contribution in [2.45, 2.75) is 124 Å². The predicted octanol–water partition coefficient (Wildman–Crippen LogP) is 9.21. The molecule has 5 rings (SSSR count). The van der Waals surface area contributed by atoms with Gasteiger partial charge in [-0.3, -0.25) is 0 Å². The summed E-state index contributed by atoms with van der Waals surface area (Å²) < 4.78 is 6.40. The molecule has 0 aromatic heterocycles. The number of nitrogens with zero attached hydrogens (tertiary/aromatic N) is 1. The number of allylic oxidation sites excluding steroid dienone is 1. The van der Waals surface area contributed by atoms with Crippen molar-refractivity contribution in [3.8, 4) is 4.97 Å². The molecule has 2 nitrogen and oxygen atoms in total. The predicted molar refractivity (Wildman–Crippen MR) is 160 cm³/mol. The second kappa shape index (κ2) is 10.1. The maximum atomic E-state index is 9.33. The molecular weight excluding hydrogens is 529 g/mol. The molecule has 0 aromatic carbocycles. The van der Waals surface area contributed by atoms with Crippen LogP contribution in [0.15, 0.2) is 24.8 Å². The second-order valence-electron chi connectivity index (χ2n) is 15.7. The fourth-order valence-corrected chi connectivity index (χ4v) is 13.7. The van der Waals surface area contributed by atoms with Crippen LogP contribution in [0.5, 0.6) is 0 Å². The Kier molecular flexibility index (Phi) is 7.67. The Bertz CT molecular complexity index is 981. The zero-order valence-corrected chi connectivity index (χ0v) is 27.1. The SMILES string of the molecule is C=CCO[C@H]1CC[C@]2(C)[C@H]3CC[C@@H]4[C@H]5[C@H](C(=C)C)CC[C@]5(CC[Se]C#N)CC[C@@]4(C)[C@]3(C)CC[C@H]2C1(C)C. The van der Waals surface area contributed by atoms with Crippen molar-refractivity contribution in [2.75, 3.05) is 6.61 Å². The second-order valence-corrected chi connectivity index (χ2v) is 17.6. The first kappa shape index (κ1) is 29.0. The van der Waals surface area contributed by atoms with Crippen molar-refractivity contribution in [1.29, 1.82) is 5.26 Å². The molecule has 0 aliphatic heterocycles. The maximum absolute atomic E-state index is 9.33. The van der Waals surface area contributed by atoms with Crippen molar-refractivity contribution < 1.29 is 4.74 Å². The minimum absolute atomic E-state index is 0.152. The average Bonchev–Trinajstić information content (AvgIpc) is 3.24. The van der Waals surface area contributed by atoms with Crippen LogP contribution in [0, 0.1) is 66.9 Å². The first-order chi connectivity index (χ1) is 17.9. The molecule has 5 aliphatic rings. The van der Waals surface area contributed by atoms with E-state index in [2.05, 4.69) is 59.7 Å². The van der Waals surface area contributed by atoms with E-state index in [1.807, 2.05) is 6.08 Å². The van der Waals surface area contributed by atoms with E-state index in [-0.39, 0.29) is 20.4 Å². The van der Waals surface area contributed by atoms with Crippen LogP contribution in [0.25, 0.3) is 0 Å². The fourth-order valence-electron chi connectivity index (χ4n) is 12.5. The topological polar surface area (TPSA) is 33.0 Å². The van der Waals surface area contributed by atoms with Gasteiger partial charge >= 0.3 is 218 Å². The summed E-state index contributed by atoms with van der Waals surface area (Å²) >= 11 is 0.152. The van der Waals surface area contributed by atoms with E-state index >= 15 is 0 Å². The quantitative estimate of drug-likeness (QED) is 0.170. The zero-order valence-electron chi connectivity index (χ0n) is 25.4. The summed E-state index contributed by atoms with van der Waals surface area (Å²) in [6.45, 7) is 24.7. The number of ether oxygens (including phenoxy) is 1. The van der Waals surface area contributed by atoms with Crippen molar-refractivity contribution in [1.82, 2.24) is 0 Å². The third-order valence-electron chi connectivity index (χ3n) is 14.4. The molecule has 0 heterocycles. The minimum atomic E-state index is 0.152. The van der Waals surface area contributed by atoms with Crippen molar-refractivity contribution >= 4 is 15.0 Å². The molecule has 3 heteroatoms. The number of rotatable bonds is 7. The Morgan fingerprint density at radius 3 is 2.39 bits per heavy atom. The Balaban J connectivity index is 1.47. The monoisotopic (exact) mass is 585 g/mol. The van der Waals surface area contributed by atoms with E-state index in [1.165, 1.54) is 76.2 Å². The van der Waals surface area contributed by atoms with Gasteiger partial charge in [-0.15, -0.1) is 6.58 Å². The number of hydrogen-bond acceptors (Lipinski definition) is 2. The Morgan fingerprint density at radius 2 is 1.71 bits per heavy atom. The summed E-state index contributed by atoms with van der Waals surface area (Å²) in [6.07, 6.45) is 17.2. The summed E-state index contributed by atoms with van der Waals surface area (Å²) in [4.78, 5) is 2.51. The van der Waals surface area contributed by atoms with Crippen LogP contribution in [0.1, 0.15) is 112 Å². The van der Waals surface area contributed by atoms with Crippen LogP contribution < -0.4 is 0 Å². The van der Waals surface area contributed by atoms with Crippen LogP contribution >= 0.6 is 0 Å². The van der Waals surface area contributed by atoms with Gasteiger partial charge in [-0.05, 0) is 0 Å². The summed E-state index contributed by atoms with van der Waals surface area (Å²) in [5.74, 6) is 3.85. The molecule has 38 heavy (non-hydrogen) atoms. The molecule has 5 fully saturated rings. The van der Waals surface area contributed by atoms with Crippen LogP contribution in [0.2, 0.25) is 5.32 Å². The normalized spacial score (nSPS) is 49.1. The van der Waals surface area contributed by atoms with Gasteiger partial charge in [-0.2, -0.15) is 0 Å². The van der Waals surface area contributed by atoms with Crippen LogP contribution in [-0.2, 0) is 4.74 Å². The summed E-state index contributed by atoms with van der Waals surface area (Å²) in [6, 6.07) is 0. The van der Waals surface area contributed by atoms with Crippen LogP contribution in [-0.4, -0.2) is 27.7 Å². The fraction of sp³-hybridized carbons (Fsp3) is 0.857.